The van der Waals surface area contributed by atoms with Gasteiger partial charge in [0.25, 0.3) is 0 Å². The highest BCUT2D eigenvalue weighted by atomic mass is 19.1. The average molecular weight is 251 g/mol. The third kappa shape index (κ3) is 2.43. The van der Waals surface area contributed by atoms with Gasteiger partial charge in [0, 0.05) is 12.1 Å². The fraction of sp³-hybridized carbons (Fsp3) is 0.571. The highest BCUT2D eigenvalue weighted by Crippen LogP contribution is 2.34. The van der Waals surface area contributed by atoms with Gasteiger partial charge in [0.05, 0.1) is 11.4 Å². The summed E-state index contributed by atoms with van der Waals surface area (Å²) in [6, 6.07) is 4.80. The first-order valence-electron chi connectivity index (χ1n) is 6.50. The third-order valence-corrected chi connectivity index (χ3v) is 4.12. The summed E-state index contributed by atoms with van der Waals surface area (Å²) in [4.78, 5) is 2.25. The summed E-state index contributed by atoms with van der Waals surface area (Å²) < 4.78 is 13.7. The number of rotatable bonds is 4. The van der Waals surface area contributed by atoms with Crippen molar-refractivity contribution in [1.29, 1.82) is 0 Å². The van der Waals surface area contributed by atoms with Crippen LogP contribution in [0.1, 0.15) is 25.7 Å². The summed E-state index contributed by atoms with van der Waals surface area (Å²) in [5.41, 5.74) is 6.85. The Morgan fingerprint density at radius 1 is 1.33 bits per heavy atom. The largest absolute Gasteiger partial charge is 0.397 e. The van der Waals surface area contributed by atoms with Gasteiger partial charge in [-0.3, -0.25) is 0 Å². The highest BCUT2D eigenvalue weighted by molar-refractivity contribution is 5.66. The molecule has 2 rings (SSSR count). The van der Waals surface area contributed by atoms with E-state index in [4.69, 9.17) is 5.73 Å². The van der Waals surface area contributed by atoms with Crippen LogP contribution in [0.15, 0.2) is 18.2 Å². The second kappa shape index (κ2) is 5.14. The summed E-state index contributed by atoms with van der Waals surface area (Å²) in [6.45, 7) is 0.741. The van der Waals surface area contributed by atoms with Crippen molar-refractivity contribution in [3.8, 4) is 0 Å². The van der Waals surface area contributed by atoms with Crippen molar-refractivity contribution in [1.82, 2.24) is 4.90 Å². The van der Waals surface area contributed by atoms with E-state index in [1.807, 2.05) is 0 Å². The van der Waals surface area contributed by atoms with Crippen LogP contribution in [0.5, 0.6) is 0 Å². The zero-order valence-electron chi connectivity index (χ0n) is 11.2. The van der Waals surface area contributed by atoms with Crippen LogP contribution in [-0.4, -0.2) is 31.1 Å². The number of para-hydroxylation sites is 1. The minimum atomic E-state index is -0.276. The molecule has 0 bridgehead atoms. The van der Waals surface area contributed by atoms with Crippen LogP contribution in [0.2, 0.25) is 0 Å². The van der Waals surface area contributed by atoms with Crippen molar-refractivity contribution < 1.29 is 4.39 Å². The molecule has 0 aliphatic heterocycles. The Bertz CT molecular complexity index is 391. The zero-order valence-corrected chi connectivity index (χ0v) is 11.2. The van der Waals surface area contributed by atoms with Gasteiger partial charge < -0.3 is 16.0 Å². The average Bonchev–Trinajstić information content (AvgIpc) is 2.78. The molecule has 1 saturated carbocycles. The molecule has 0 heterocycles. The van der Waals surface area contributed by atoms with E-state index in [-0.39, 0.29) is 11.4 Å². The second-order valence-electron chi connectivity index (χ2n) is 5.38. The number of halogens is 1. The maximum Gasteiger partial charge on any atom is 0.148 e. The van der Waals surface area contributed by atoms with E-state index in [9.17, 15) is 4.39 Å². The Labute approximate surface area is 108 Å². The molecule has 3 N–H and O–H groups in total. The van der Waals surface area contributed by atoms with Crippen molar-refractivity contribution in [2.45, 2.75) is 31.2 Å². The van der Waals surface area contributed by atoms with Crippen LogP contribution in [0.3, 0.4) is 0 Å². The molecule has 4 heteroatoms. The van der Waals surface area contributed by atoms with Gasteiger partial charge in [-0.2, -0.15) is 0 Å². The molecule has 3 nitrogen and oxygen atoms in total. The molecule has 1 aliphatic carbocycles. The van der Waals surface area contributed by atoms with Gasteiger partial charge in [-0.05, 0) is 39.1 Å². The normalized spacial score (nSPS) is 18.2. The van der Waals surface area contributed by atoms with E-state index in [2.05, 4.69) is 24.3 Å². The lowest BCUT2D eigenvalue weighted by atomic mass is 9.96. The van der Waals surface area contributed by atoms with Crippen LogP contribution in [-0.2, 0) is 0 Å². The Hall–Kier alpha value is -1.29. The molecule has 0 spiro atoms. The second-order valence-corrected chi connectivity index (χ2v) is 5.38. The van der Waals surface area contributed by atoms with Gasteiger partial charge >= 0.3 is 0 Å². The number of nitrogens with zero attached hydrogens (tertiary/aromatic N) is 1. The summed E-state index contributed by atoms with van der Waals surface area (Å²) in [5, 5.41) is 3.20. The SMILES string of the molecule is CN(C)C1(CNc2c(N)cccc2F)CCCC1. The minimum Gasteiger partial charge on any atom is -0.397 e. The molecule has 0 amide bonds. The summed E-state index contributed by atoms with van der Waals surface area (Å²) in [6.07, 6.45) is 4.79. The minimum absolute atomic E-state index is 0.134. The standard InChI is InChI=1S/C14H22FN3/c1-18(2)14(8-3-4-9-14)10-17-13-11(15)6-5-7-12(13)16/h5-7,17H,3-4,8-10,16H2,1-2H3. The number of hydrogen-bond donors (Lipinski definition) is 2. The predicted molar refractivity (Wildman–Crippen MR) is 74.2 cm³/mol. The quantitative estimate of drug-likeness (QED) is 0.808. The van der Waals surface area contributed by atoms with Crippen LogP contribution in [0, 0.1) is 5.82 Å². The summed E-state index contributed by atoms with van der Waals surface area (Å²) in [7, 11) is 4.19. The molecule has 1 aromatic carbocycles. The molecule has 0 atom stereocenters. The zero-order chi connectivity index (χ0) is 13.2. The van der Waals surface area contributed by atoms with Gasteiger partial charge in [-0.1, -0.05) is 18.9 Å². The van der Waals surface area contributed by atoms with E-state index >= 15 is 0 Å². The van der Waals surface area contributed by atoms with Crippen LogP contribution in [0.4, 0.5) is 15.8 Å². The van der Waals surface area contributed by atoms with Crippen molar-refractivity contribution in [2.75, 3.05) is 31.7 Å². The predicted octanol–water partition coefficient (Wildman–Crippen LogP) is 2.69. The maximum atomic E-state index is 13.7. The van der Waals surface area contributed by atoms with Gasteiger partial charge in [0.2, 0.25) is 0 Å². The molecule has 1 aliphatic rings. The van der Waals surface area contributed by atoms with E-state index in [0.29, 0.717) is 11.4 Å². The summed E-state index contributed by atoms with van der Waals surface area (Å²) >= 11 is 0. The van der Waals surface area contributed by atoms with Crippen LogP contribution < -0.4 is 11.1 Å². The van der Waals surface area contributed by atoms with Crippen LogP contribution in [0.25, 0.3) is 0 Å². The Morgan fingerprint density at radius 2 is 2.00 bits per heavy atom. The molecule has 1 aromatic rings. The number of nitrogens with two attached hydrogens (primary N) is 1. The van der Waals surface area contributed by atoms with E-state index in [1.54, 1.807) is 12.1 Å². The fourth-order valence-electron chi connectivity index (χ4n) is 2.80. The van der Waals surface area contributed by atoms with Crippen molar-refractivity contribution in [2.24, 2.45) is 0 Å². The molecule has 1 fully saturated rings. The smallest absolute Gasteiger partial charge is 0.148 e. The molecular formula is C14H22FN3. The van der Waals surface area contributed by atoms with E-state index < -0.39 is 0 Å². The molecular weight excluding hydrogens is 229 g/mol. The van der Waals surface area contributed by atoms with E-state index in [1.165, 1.54) is 18.9 Å². The van der Waals surface area contributed by atoms with Gasteiger partial charge in [0.15, 0.2) is 0 Å². The van der Waals surface area contributed by atoms with Gasteiger partial charge in [0.1, 0.15) is 5.82 Å². The number of likely N-dealkylation sites (N-methyl/N-ethyl adjacent to an activating group) is 1. The summed E-state index contributed by atoms with van der Waals surface area (Å²) in [5.74, 6) is -0.276. The molecule has 0 saturated heterocycles. The lowest BCUT2D eigenvalue weighted by molar-refractivity contribution is 0.172. The Kier molecular flexibility index (Phi) is 3.76. The maximum absolute atomic E-state index is 13.7. The van der Waals surface area contributed by atoms with Crippen molar-refractivity contribution in [3.05, 3.63) is 24.0 Å². The highest BCUT2D eigenvalue weighted by Gasteiger charge is 2.35. The first kappa shape index (κ1) is 13.1. The number of benzene rings is 1. The molecule has 0 radical (unpaired) electrons. The first-order valence-corrected chi connectivity index (χ1v) is 6.50. The van der Waals surface area contributed by atoms with Gasteiger partial charge in [-0.25, -0.2) is 4.39 Å². The third-order valence-electron chi connectivity index (χ3n) is 4.12. The number of nitrogens with one attached hydrogen (secondary N) is 1. The number of anilines is 2. The monoisotopic (exact) mass is 251 g/mol. The molecule has 100 valence electrons. The molecule has 0 unspecified atom stereocenters. The lowest BCUT2D eigenvalue weighted by Gasteiger charge is -2.37. The lowest BCUT2D eigenvalue weighted by Crippen LogP contribution is -2.47. The Morgan fingerprint density at radius 3 is 2.56 bits per heavy atom. The van der Waals surface area contributed by atoms with Crippen molar-refractivity contribution in [3.63, 3.8) is 0 Å². The topological polar surface area (TPSA) is 41.3 Å². The molecule has 0 aromatic heterocycles. The number of nitrogen functional groups attached to an aromatic ring is 1. The van der Waals surface area contributed by atoms with Crippen LogP contribution >= 0.6 is 0 Å². The fourth-order valence-corrected chi connectivity index (χ4v) is 2.80. The first-order chi connectivity index (χ1) is 8.55. The van der Waals surface area contributed by atoms with Crippen molar-refractivity contribution >= 4 is 11.4 Å². The van der Waals surface area contributed by atoms with E-state index in [0.717, 1.165) is 19.4 Å². The number of hydrogen-bond acceptors (Lipinski definition) is 3. The van der Waals surface area contributed by atoms with Gasteiger partial charge in [-0.15, -0.1) is 0 Å². The Balaban J connectivity index is 2.11. The molecule has 18 heavy (non-hydrogen) atoms.